The molecule has 0 N–H and O–H groups in total. The quantitative estimate of drug-likeness (QED) is 0.712. The van der Waals surface area contributed by atoms with Gasteiger partial charge in [0.2, 0.25) is 0 Å². The lowest BCUT2D eigenvalue weighted by Crippen LogP contribution is -2.37. The third-order valence-electron chi connectivity index (χ3n) is 3.89. The fourth-order valence-corrected chi connectivity index (χ4v) is 2.91. The van der Waals surface area contributed by atoms with Gasteiger partial charge in [-0.3, -0.25) is 0 Å². The zero-order valence-corrected chi connectivity index (χ0v) is 13.8. The minimum absolute atomic E-state index is 0.0966. The van der Waals surface area contributed by atoms with Gasteiger partial charge in [0.05, 0.1) is 17.6 Å². The smallest absolute Gasteiger partial charge is 0.416 e. The van der Waals surface area contributed by atoms with E-state index in [0.717, 1.165) is 17.6 Å². The van der Waals surface area contributed by atoms with Crippen LogP contribution in [0.3, 0.4) is 0 Å². The van der Waals surface area contributed by atoms with Gasteiger partial charge in [-0.1, -0.05) is 0 Å². The van der Waals surface area contributed by atoms with Crippen LogP contribution in [0, 0.1) is 0 Å². The van der Waals surface area contributed by atoms with E-state index in [-0.39, 0.29) is 6.54 Å². The maximum absolute atomic E-state index is 13.1. The Kier molecular flexibility index (Phi) is 3.77. The van der Waals surface area contributed by atoms with Crippen molar-refractivity contribution < 1.29 is 22.7 Å². The lowest BCUT2D eigenvalue weighted by atomic mass is 10.1. The van der Waals surface area contributed by atoms with Crippen LogP contribution in [0.2, 0.25) is 0 Å². The molecule has 0 radical (unpaired) electrons. The predicted octanol–water partition coefficient (Wildman–Crippen LogP) is 4.41. The minimum atomic E-state index is -4.42. The van der Waals surface area contributed by atoms with Crippen LogP contribution in [0.15, 0.2) is 24.4 Å². The molecule has 130 valence electrons. The first kappa shape index (κ1) is 16.7. The molecule has 0 atom stereocenters. The third kappa shape index (κ3) is 3.20. The molecule has 0 spiro atoms. The van der Waals surface area contributed by atoms with E-state index in [1.54, 1.807) is 33.0 Å². The van der Waals surface area contributed by atoms with E-state index in [1.165, 1.54) is 4.90 Å². The van der Waals surface area contributed by atoms with Gasteiger partial charge in [0.1, 0.15) is 5.60 Å². The highest BCUT2D eigenvalue weighted by molar-refractivity contribution is 5.85. The molecule has 0 saturated heterocycles. The summed E-state index contributed by atoms with van der Waals surface area (Å²) < 4.78 is 46.6. The van der Waals surface area contributed by atoms with Crippen LogP contribution in [-0.2, 0) is 24.0 Å². The van der Waals surface area contributed by atoms with Gasteiger partial charge in [0.25, 0.3) is 0 Å². The van der Waals surface area contributed by atoms with E-state index in [1.807, 2.05) is 4.57 Å². The van der Waals surface area contributed by atoms with Gasteiger partial charge in [0.15, 0.2) is 0 Å². The Balaban J connectivity index is 2.00. The lowest BCUT2D eigenvalue weighted by molar-refractivity contribution is -0.137. The summed E-state index contributed by atoms with van der Waals surface area (Å²) in [4.78, 5) is 13.8. The van der Waals surface area contributed by atoms with Crippen molar-refractivity contribution in [3.63, 3.8) is 0 Å². The minimum Gasteiger partial charge on any atom is -0.444 e. The third-order valence-corrected chi connectivity index (χ3v) is 3.89. The van der Waals surface area contributed by atoms with Crippen LogP contribution in [-0.4, -0.2) is 27.7 Å². The summed E-state index contributed by atoms with van der Waals surface area (Å²) in [6, 6.07) is 3.96. The zero-order valence-electron chi connectivity index (χ0n) is 13.8. The Hall–Kier alpha value is -2.18. The molecule has 0 saturated carbocycles. The number of carbonyl (C=O) groups is 1. The van der Waals surface area contributed by atoms with Crippen molar-refractivity contribution >= 4 is 17.0 Å². The molecule has 1 amide bonds. The highest BCUT2D eigenvalue weighted by Gasteiger charge is 2.33. The van der Waals surface area contributed by atoms with E-state index in [0.29, 0.717) is 24.0 Å². The van der Waals surface area contributed by atoms with Crippen molar-refractivity contribution in [3.8, 4) is 0 Å². The molecular formula is C17H19F3N2O2. The van der Waals surface area contributed by atoms with Crippen LogP contribution in [0.25, 0.3) is 10.9 Å². The average molecular weight is 340 g/mol. The topological polar surface area (TPSA) is 34.5 Å². The van der Waals surface area contributed by atoms with Gasteiger partial charge in [-0.25, -0.2) is 4.79 Å². The largest absolute Gasteiger partial charge is 0.444 e. The van der Waals surface area contributed by atoms with Gasteiger partial charge in [-0.05, 0) is 44.5 Å². The van der Waals surface area contributed by atoms with Gasteiger partial charge >= 0.3 is 12.3 Å². The fourth-order valence-electron chi connectivity index (χ4n) is 2.91. The molecule has 0 unspecified atom stereocenters. The van der Waals surface area contributed by atoms with Crippen LogP contribution in [0.5, 0.6) is 0 Å². The molecule has 1 aliphatic heterocycles. The molecule has 7 heteroatoms. The molecule has 2 heterocycles. The predicted molar refractivity (Wildman–Crippen MR) is 83.6 cm³/mol. The fraction of sp³-hybridized carbons (Fsp3) is 0.471. The molecule has 1 aliphatic rings. The van der Waals surface area contributed by atoms with E-state index >= 15 is 0 Å². The number of hydrogen-bond donors (Lipinski definition) is 0. The van der Waals surface area contributed by atoms with Crippen LogP contribution >= 0.6 is 0 Å². The summed E-state index contributed by atoms with van der Waals surface area (Å²) in [5, 5.41) is 0.533. The Labute approximate surface area is 137 Å². The second-order valence-corrected chi connectivity index (χ2v) is 6.98. The SMILES string of the molecule is CC(C)(C)OC(=O)N1CCn2ccc3cc(C(F)(F)F)cc(c32)C1. The molecule has 1 aromatic heterocycles. The number of aromatic nitrogens is 1. The number of ether oxygens (including phenoxy) is 1. The van der Waals surface area contributed by atoms with Crippen LogP contribution < -0.4 is 0 Å². The highest BCUT2D eigenvalue weighted by Crippen LogP contribution is 2.35. The van der Waals surface area contributed by atoms with Crippen molar-refractivity contribution in [3.05, 3.63) is 35.5 Å². The Morgan fingerprint density at radius 2 is 1.88 bits per heavy atom. The Morgan fingerprint density at radius 3 is 2.50 bits per heavy atom. The van der Waals surface area contributed by atoms with Gasteiger partial charge in [-0.2, -0.15) is 13.2 Å². The molecule has 1 aromatic carbocycles. The van der Waals surface area contributed by atoms with Crippen molar-refractivity contribution in [2.24, 2.45) is 0 Å². The number of amides is 1. The van der Waals surface area contributed by atoms with Crippen molar-refractivity contribution in [1.82, 2.24) is 9.47 Å². The van der Waals surface area contributed by atoms with E-state index in [9.17, 15) is 18.0 Å². The molecule has 2 aromatic rings. The normalized spacial score (nSPS) is 15.5. The second kappa shape index (κ2) is 5.43. The molecule has 4 nitrogen and oxygen atoms in total. The number of hydrogen-bond acceptors (Lipinski definition) is 2. The highest BCUT2D eigenvalue weighted by atomic mass is 19.4. The summed E-state index contributed by atoms with van der Waals surface area (Å²) in [7, 11) is 0. The summed E-state index contributed by atoms with van der Waals surface area (Å²) in [5.74, 6) is 0. The van der Waals surface area contributed by atoms with E-state index in [2.05, 4.69) is 0 Å². The van der Waals surface area contributed by atoms with E-state index in [4.69, 9.17) is 4.74 Å². The number of carbonyl (C=O) groups excluding carboxylic acids is 1. The summed E-state index contributed by atoms with van der Waals surface area (Å²) in [6.45, 7) is 6.27. The first-order valence-corrected chi connectivity index (χ1v) is 7.71. The van der Waals surface area contributed by atoms with Gasteiger partial charge < -0.3 is 14.2 Å². The van der Waals surface area contributed by atoms with Crippen LogP contribution in [0.1, 0.15) is 31.9 Å². The van der Waals surface area contributed by atoms with Gasteiger partial charge in [-0.15, -0.1) is 0 Å². The number of benzene rings is 1. The summed E-state index contributed by atoms with van der Waals surface area (Å²) in [5.41, 5.74) is -0.127. The molecule has 0 bridgehead atoms. The lowest BCUT2D eigenvalue weighted by Gasteiger charge is -2.26. The Morgan fingerprint density at radius 1 is 1.17 bits per heavy atom. The first-order valence-electron chi connectivity index (χ1n) is 7.71. The van der Waals surface area contributed by atoms with Crippen molar-refractivity contribution in [2.75, 3.05) is 6.54 Å². The molecule has 0 fully saturated rings. The summed E-state index contributed by atoms with van der Waals surface area (Å²) in [6.07, 6.45) is -3.18. The Bertz CT molecular complexity index is 787. The molecule has 24 heavy (non-hydrogen) atoms. The molecule has 3 rings (SSSR count). The summed E-state index contributed by atoms with van der Waals surface area (Å²) >= 11 is 0. The second-order valence-electron chi connectivity index (χ2n) is 6.98. The first-order chi connectivity index (χ1) is 11.0. The number of rotatable bonds is 0. The van der Waals surface area contributed by atoms with E-state index < -0.39 is 23.4 Å². The van der Waals surface area contributed by atoms with Crippen molar-refractivity contribution in [1.29, 1.82) is 0 Å². The number of nitrogens with zero attached hydrogens (tertiary/aromatic N) is 2. The molecular weight excluding hydrogens is 321 g/mol. The number of halogens is 3. The average Bonchev–Trinajstić information content (AvgIpc) is 2.73. The zero-order chi connectivity index (χ0) is 17.7. The standard InChI is InChI=1S/C17H19F3N2O2/c1-16(2,3)24-15(23)22-7-6-21-5-4-11-8-13(17(18,19)20)9-12(10-22)14(11)21/h4-5,8-9H,6-7,10H2,1-3H3. The van der Waals surface area contributed by atoms with Crippen molar-refractivity contribution in [2.45, 2.75) is 45.6 Å². The van der Waals surface area contributed by atoms with Crippen LogP contribution in [0.4, 0.5) is 18.0 Å². The maximum atomic E-state index is 13.1. The molecule has 0 aliphatic carbocycles. The maximum Gasteiger partial charge on any atom is 0.416 e. The van der Waals surface area contributed by atoms with Gasteiger partial charge in [0, 0.05) is 24.7 Å². The number of alkyl halides is 3. The monoisotopic (exact) mass is 340 g/mol.